The molecule has 0 aliphatic heterocycles. The van der Waals surface area contributed by atoms with Gasteiger partial charge in [0, 0.05) is 20.0 Å². The van der Waals surface area contributed by atoms with Crippen molar-refractivity contribution < 1.29 is 13.2 Å². The summed E-state index contributed by atoms with van der Waals surface area (Å²) in [6.07, 6.45) is 1.97. The molecule has 6 heteroatoms. The van der Waals surface area contributed by atoms with Crippen molar-refractivity contribution in [3.8, 4) is 0 Å². The van der Waals surface area contributed by atoms with Gasteiger partial charge in [0.05, 0.1) is 4.90 Å². The van der Waals surface area contributed by atoms with Gasteiger partial charge in [-0.1, -0.05) is 25.5 Å². The van der Waals surface area contributed by atoms with Gasteiger partial charge in [0.2, 0.25) is 15.9 Å². The predicted octanol–water partition coefficient (Wildman–Crippen LogP) is 1.05. The van der Waals surface area contributed by atoms with Crippen molar-refractivity contribution in [1.82, 2.24) is 10.0 Å². The summed E-state index contributed by atoms with van der Waals surface area (Å²) >= 11 is 0. The second-order valence-corrected chi connectivity index (χ2v) is 6.04. The molecule has 0 atom stereocenters. The van der Waals surface area contributed by atoms with E-state index in [1.165, 1.54) is 6.92 Å². The van der Waals surface area contributed by atoms with E-state index in [0.29, 0.717) is 0 Å². The fourth-order valence-corrected chi connectivity index (χ4v) is 2.66. The minimum Gasteiger partial charge on any atom is -0.355 e. The Balaban J connectivity index is 2.59. The molecule has 0 saturated heterocycles. The van der Waals surface area contributed by atoms with Crippen LogP contribution in [0.1, 0.15) is 25.8 Å². The highest BCUT2D eigenvalue weighted by Crippen LogP contribution is 2.11. The zero-order valence-corrected chi connectivity index (χ0v) is 12.1. The van der Waals surface area contributed by atoms with Crippen LogP contribution in [-0.4, -0.2) is 27.4 Å². The van der Waals surface area contributed by atoms with Crippen molar-refractivity contribution in [2.45, 2.75) is 31.6 Å². The molecular weight excluding hydrogens is 264 g/mol. The highest BCUT2D eigenvalue weighted by atomic mass is 32.2. The lowest BCUT2D eigenvalue weighted by Gasteiger charge is -2.07. The number of hydrogen-bond acceptors (Lipinski definition) is 3. The largest absolute Gasteiger partial charge is 0.355 e. The van der Waals surface area contributed by atoms with Gasteiger partial charge >= 0.3 is 0 Å². The number of amides is 1. The first-order chi connectivity index (χ1) is 8.95. The summed E-state index contributed by atoms with van der Waals surface area (Å²) in [4.78, 5) is 10.9. The average Bonchev–Trinajstić information content (AvgIpc) is 2.36. The molecule has 1 aromatic carbocycles. The Morgan fingerprint density at radius 3 is 2.32 bits per heavy atom. The van der Waals surface area contributed by atoms with Crippen LogP contribution in [0.5, 0.6) is 0 Å². The molecule has 5 nitrogen and oxygen atoms in total. The van der Waals surface area contributed by atoms with E-state index in [9.17, 15) is 13.2 Å². The molecule has 0 aliphatic rings. The minimum absolute atomic E-state index is 0.178. The standard InChI is InChI=1S/C13H20N2O3S/c1-3-4-12-5-7-13(8-6-12)19(17,18)15-10-9-14-11(2)16/h5-8,15H,3-4,9-10H2,1-2H3,(H,14,16). The fourth-order valence-electron chi connectivity index (χ4n) is 1.63. The SMILES string of the molecule is CCCc1ccc(S(=O)(=O)NCCNC(C)=O)cc1. The van der Waals surface area contributed by atoms with E-state index in [2.05, 4.69) is 17.0 Å². The van der Waals surface area contributed by atoms with Crippen LogP contribution in [0.15, 0.2) is 29.2 Å². The first-order valence-electron chi connectivity index (χ1n) is 6.28. The van der Waals surface area contributed by atoms with Gasteiger partial charge in [-0.25, -0.2) is 13.1 Å². The molecule has 1 amide bonds. The molecule has 0 aromatic heterocycles. The van der Waals surface area contributed by atoms with Gasteiger partial charge in [-0.05, 0) is 24.1 Å². The summed E-state index contributed by atoms with van der Waals surface area (Å²) in [6, 6.07) is 6.86. The lowest BCUT2D eigenvalue weighted by molar-refractivity contribution is -0.118. The second-order valence-electron chi connectivity index (χ2n) is 4.27. The molecule has 2 N–H and O–H groups in total. The molecule has 0 heterocycles. The van der Waals surface area contributed by atoms with E-state index in [1.54, 1.807) is 12.1 Å². The van der Waals surface area contributed by atoms with Crippen LogP contribution in [0, 0.1) is 0 Å². The van der Waals surface area contributed by atoms with E-state index in [1.807, 2.05) is 12.1 Å². The Morgan fingerprint density at radius 2 is 1.79 bits per heavy atom. The van der Waals surface area contributed by atoms with Gasteiger partial charge in [0.25, 0.3) is 0 Å². The smallest absolute Gasteiger partial charge is 0.240 e. The van der Waals surface area contributed by atoms with Crippen LogP contribution < -0.4 is 10.0 Å². The van der Waals surface area contributed by atoms with Crippen molar-refractivity contribution in [1.29, 1.82) is 0 Å². The van der Waals surface area contributed by atoms with E-state index in [4.69, 9.17) is 0 Å². The number of rotatable bonds is 7. The van der Waals surface area contributed by atoms with Gasteiger partial charge in [0.1, 0.15) is 0 Å². The third-order valence-corrected chi connectivity index (χ3v) is 4.04. The maximum absolute atomic E-state index is 11.9. The molecule has 106 valence electrons. The number of nitrogens with one attached hydrogen (secondary N) is 2. The van der Waals surface area contributed by atoms with E-state index in [0.717, 1.165) is 18.4 Å². The van der Waals surface area contributed by atoms with Gasteiger partial charge < -0.3 is 5.32 Å². The molecule has 19 heavy (non-hydrogen) atoms. The Kier molecular flexibility index (Phi) is 5.98. The van der Waals surface area contributed by atoms with Crippen molar-refractivity contribution in [3.05, 3.63) is 29.8 Å². The Bertz CT molecular complexity index is 509. The molecule has 0 fully saturated rings. The summed E-state index contributed by atoms with van der Waals surface area (Å²) < 4.78 is 26.3. The predicted molar refractivity (Wildman–Crippen MR) is 74.3 cm³/mol. The number of carbonyl (C=O) groups is 1. The van der Waals surface area contributed by atoms with Gasteiger partial charge in [-0.15, -0.1) is 0 Å². The number of sulfonamides is 1. The third-order valence-electron chi connectivity index (χ3n) is 2.56. The molecule has 1 rings (SSSR count). The number of benzene rings is 1. The van der Waals surface area contributed by atoms with Crippen molar-refractivity contribution in [2.75, 3.05) is 13.1 Å². The summed E-state index contributed by atoms with van der Waals surface area (Å²) in [5.74, 6) is -0.178. The van der Waals surface area contributed by atoms with Crippen molar-refractivity contribution >= 4 is 15.9 Å². The van der Waals surface area contributed by atoms with Crippen LogP contribution in [-0.2, 0) is 21.2 Å². The van der Waals surface area contributed by atoms with Crippen LogP contribution in [0.4, 0.5) is 0 Å². The minimum atomic E-state index is -3.49. The summed E-state index contributed by atoms with van der Waals surface area (Å²) in [6.45, 7) is 3.93. The van der Waals surface area contributed by atoms with Crippen LogP contribution in [0.3, 0.4) is 0 Å². The average molecular weight is 284 g/mol. The molecule has 0 spiro atoms. The summed E-state index contributed by atoms with van der Waals surface area (Å²) in [7, 11) is -3.49. The maximum atomic E-state index is 11.9. The third kappa shape index (κ3) is 5.40. The topological polar surface area (TPSA) is 75.3 Å². The van der Waals surface area contributed by atoms with Crippen molar-refractivity contribution in [3.63, 3.8) is 0 Å². The van der Waals surface area contributed by atoms with E-state index in [-0.39, 0.29) is 23.9 Å². The maximum Gasteiger partial charge on any atom is 0.240 e. The Morgan fingerprint density at radius 1 is 1.16 bits per heavy atom. The normalized spacial score (nSPS) is 11.3. The highest BCUT2D eigenvalue weighted by molar-refractivity contribution is 7.89. The molecule has 0 aliphatic carbocycles. The summed E-state index contributed by atoms with van der Waals surface area (Å²) in [5.41, 5.74) is 1.12. The Hall–Kier alpha value is -1.40. The fraction of sp³-hybridized carbons (Fsp3) is 0.462. The van der Waals surface area contributed by atoms with Gasteiger partial charge in [0.15, 0.2) is 0 Å². The second kappa shape index (κ2) is 7.25. The highest BCUT2D eigenvalue weighted by Gasteiger charge is 2.12. The van der Waals surface area contributed by atoms with Crippen LogP contribution in [0.2, 0.25) is 0 Å². The molecule has 0 unspecified atom stereocenters. The van der Waals surface area contributed by atoms with Gasteiger partial charge in [-0.2, -0.15) is 0 Å². The summed E-state index contributed by atoms with van der Waals surface area (Å²) in [5, 5.41) is 2.53. The molecule has 1 aromatic rings. The van der Waals surface area contributed by atoms with E-state index < -0.39 is 10.0 Å². The zero-order chi connectivity index (χ0) is 14.3. The quantitative estimate of drug-likeness (QED) is 0.735. The number of aryl methyl sites for hydroxylation is 1. The van der Waals surface area contributed by atoms with Gasteiger partial charge in [-0.3, -0.25) is 4.79 Å². The first kappa shape index (κ1) is 15.7. The molecule has 0 saturated carbocycles. The molecule has 0 radical (unpaired) electrons. The zero-order valence-electron chi connectivity index (χ0n) is 11.3. The number of hydrogen-bond donors (Lipinski definition) is 2. The van der Waals surface area contributed by atoms with Crippen LogP contribution in [0.25, 0.3) is 0 Å². The molecular formula is C13H20N2O3S. The molecule has 0 bridgehead atoms. The lowest BCUT2D eigenvalue weighted by atomic mass is 10.1. The monoisotopic (exact) mass is 284 g/mol. The van der Waals surface area contributed by atoms with E-state index >= 15 is 0 Å². The first-order valence-corrected chi connectivity index (χ1v) is 7.77. The number of carbonyl (C=O) groups excluding carboxylic acids is 1. The Labute approximate surface area is 114 Å². The lowest BCUT2D eigenvalue weighted by Crippen LogP contribution is -2.33. The van der Waals surface area contributed by atoms with Crippen LogP contribution >= 0.6 is 0 Å². The van der Waals surface area contributed by atoms with Crippen molar-refractivity contribution in [2.24, 2.45) is 0 Å².